The van der Waals surface area contributed by atoms with Crippen molar-refractivity contribution in [2.24, 2.45) is 13.0 Å². The van der Waals surface area contributed by atoms with Gasteiger partial charge in [0, 0.05) is 18.4 Å². The van der Waals surface area contributed by atoms with E-state index in [4.69, 9.17) is 4.74 Å². The predicted octanol–water partition coefficient (Wildman–Crippen LogP) is 1.53. The Balaban J connectivity index is 1.93. The van der Waals surface area contributed by atoms with E-state index in [1.807, 2.05) is 32.2 Å². The van der Waals surface area contributed by atoms with Crippen LogP contribution in [0.5, 0.6) is 0 Å². The molecule has 2 atom stereocenters. The van der Waals surface area contributed by atoms with E-state index in [0.717, 1.165) is 36.0 Å². The van der Waals surface area contributed by atoms with Gasteiger partial charge in [-0.15, -0.1) is 0 Å². The number of aromatic nitrogens is 1. The molecule has 2 heterocycles. The van der Waals surface area contributed by atoms with Crippen molar-refractivity contribution < 1.29 is 19.2 Å². The van der Waals surface area contributed by atoms with E-state index in [1.165, 1.54) is 18.4 Å². The van der Waals surface area contributed by atoms with Gasteiger partial charge < -0.3 is 19.5 Å². The third kappa shape index (κ3) is 3.46. The van der Waals surface area contributed by atoms with Crippen molar-refractivity contribution in [3.8, 4) is 0 Å². The first-order valence-corrected chi connectivity index (χ1v) is 9.22. The molecule has 1 fully saturated rings. The van der Waals surface area contributed by atoms with Crippen molar-refractivity contribution in [1.82, 2.24) is 4.57 Å². The second kappa shape index (κ2) is 7.50. The summed E-state index contributed by atoms with van der Waals surface area (Å²) in [7, 11) is 3.18. The molecule has 6 heteroatoms. The fraction of sp³-hybridized carbons (Fsp3) is 0.500. The quantitative estimate of drug-likeness (QED) is 0.815. The number of nitrogens with zero attached hydrogens (tertiary/aromatic N) is 1. The van der Waals surface area contributed by atoms with E-state index in [1.54, 1.807) is 4.57 Å². The van der Waals surface area contributed by atoms with Crippen LogP contribution in [0.15, 0.2) is 18.2 Å². The summed E-state index contributed by atoms with van der Waals surface area (Å²) in [5.74, 6) is 0.143. The summed E-state index contributed by atoms with van der Waals surface area (Å²) in [6, 6.07) is 5.88. The van der Waals surface area contributed by atoms with E-state index >= 15 is 0 Å². The van der Waals surface area contributed by atoms with E-state index in [9.17, 15) is 9.59 Å². The highest BCUT2D eigenvalue weighted by Gasteiger charge is 2.27. The molecule has 2 aromatic rings. The van der Waals surface area contributed by atoms with Gasteiger partial charge in [0.25, 0.3) is 5.91 Å². The Labute approximate surface area is 154 Å². The number of carbonyl (C=O) groups excluding carboxylic acids is 2. The molecule has 2 N–H and O–H groups in total. The molecule has 1 unspecified atom stereocenters. The number of hydrogen-bond donors (Lipinski definition) is 2. The molecule has 1 aromatic carbocycles. The summed E-state index contributed by atoms with van der Waals surface area (Å²) in [4.78, 5) is 26.4. The van der Waals surface area contributed by atoms with Crippen LogP contribution in [0.3, 0.4) is 0 Å². The summed E-state index contributed by atoms with van der Waals surface area (Å²) in [6.45, 7) is 6.69. The second-order valence-electron chi connectivity index (χ2n) is 7.42. The number of nitrogens with one attached hydrogen (secondary N) is 2. The van der Waals surface area contributed by atoms with Crippen LogP contribution in [0.1, 0.15) is 35.8 Å². The molecule has 0 radical (unpaired) electrons. The Morgan fingerprint density at radius 1 is 1.38 bits per heavy atom. The molecule has 140 valence electrons. The molecule has 0 bridgehead atoms. The van der Waals surface area contributed by atoms with Crippen LogP contribution in [0, 0.1) is 12.8 Å². The Bertz CT molecular complexity index is 840. The maximum Gasteiger partial charge on any atom is 0.356 e. The van der Waals surface area contributed by atoms with Gasteiger partial charge in [0.1, 0.15) is 0 Å². The lowest BCUT2D eigenvalue weighted by Gasteiger charge is -2.27. The maximum atomic E-state index is 12.7. The van der Waals surface area contributed by atoms with Gasteiger partial charge in [-0.1, -0.05) is 19.1 Å². The third-order valence-electron chi connectivity index (χ3n) is 5.35. The molecule has 1 aliphatic heterocycles. The van der Waals surface area contributed by atoms with Crippen molar-refractivity contribution in [3.63, 3.8) is 0 Å². The summed E-state index contributed by atoms with van der Waals surface area (Å²) in [5, 5.41) is 3.91. The Morgan fingerprint density at radius 2 is 2.15 bits per heavy atom. The van der Waals surface area contributed by atoms with Crippen LogP contribution >= 0.6 is 0 Å². The van der Waals surface area contributed by atoms with E-state index in [0.29, 0.717) is 23.8 Å². The van der Waals surface area contributed by atoms with Crippen molar-refractivity contribution in [2.75, 3.05) is 32.1 Å². The number of methoxy groups -OCH3 is 1. The zero-order chi connectivity index (χ0) is 18.8. The maximum absolute atomic E-state index is 12.7. The average Bonchev–Trinajstić information content (AvgIpc) is 2.87. The molecule has 0 spiro atoms. The largest absolute Gasteiger partial charge is 0.464 e. The van der Waals surface area contributed by atoms with Gasteiger partial charge in [-0.2, -0.15) is 0 Å². The van der Waals surface area contributed by atoms with Crippen LogP contribution in [-0.2, 0) is 16.6 Å². The third-order valence-corrected chi connectivity index (χ3v) is 5.35. The van der Waals surface area contributed by atoms with Gasteiger partial charge in [0.15, 0.2) is 12.2 Å². The number of amides is 1. The van der Waals surface area contributed by atoms with Crippen LogP contribution in [0.25, 0.3) is 10.9 Å². The average molecular weight is 358 g/mol. The fourth-order valence-corrected chi connectivity index (χ4v) is 4.09. The summed E-state index contributed by atoms with van der Waals surface area (Å²) < 4.78 is 6.75. The normalized spacial score (nSPS) is 20.2. The highest BCUT2D eigenvalue weighted by Crippen LogP contribution is 2.33. The number of anilines is 1. The van der Waals surface area contributed by atoms with Gasteiger partial charge >= 0.3 is 5.97 Å². The fourth-order valence-electron chi connectivity index (χ4n) is 4.09. The SMILES string of the molecule is COC(=O)c1c(NC(=O)C[NH+]2CCC[C@@H](C)C2)c2c(C)cccc2n1C. The van der Waals surface area contributed by atoms with Crippen LogP contribution in [0.4, 0.5) is 5.69 Å². The number of hydrogen-bond acceptors (Lipinski definition) is 3. The Kier molecular flexibility index (Phi) is 5.32. The smallest absolute Gasteiger partial charge is 0.356 e. The van der Waals surface area contributed by atoms with Crippen molar-refractivity contribution in [3.05, 3.63) is 29.5 Å². The topological polar surface area (TPSA) is 64.8 Å². The number of benzene rings is 1. The zero-order valence-electron chi connectivity index (χ0n) is 16.0. The zero-order valence-corrected chi connectivity index (χ0v) is 16.0. The van der Waals surface area contributed by atoms with Crippen molar-refractivity contribution >= 4 is 28.5 Å². The number of fused-ring (bicyclic) bond motifs is 1. The first kappa shape index (κ1) is 18.5. The number of esters is 1. The molecule has 3 rings (SSSR count). The van der Waals surface area contributed by atoms with E-state index < -0.39 is 5.97 Å². The summed E-state index contributed by atoms with van der Waals surface area (Å²) >= 11 is 0. The molecule has 6 nitrogen and oxygen atoms in total. The van der Waals surface area contributed by atoms with Crippen LogP contribution < -0.4 is 10.2 Å². The Hall–Kier alpha value is -2.34. The number of likely N-dealkylation sites (tertiary alicyclic amines) is 1. The predicted molar refractivity (Wildman–Crippen MR) is 102 cm³/mol. The molecule has 26 heavy (non-hydrogen) atoms. The number of aryl methyl sites for hydroxylation is 2. The molecular formula is C20H28N3O3+. The first-order chi connectivity index (χ1) is 12.4. The minimum absolute atomic E-state index is 0.0602. The van der Waals surface area contributed by atoms with Crippen LogP contribution in [-0.4, -0.2) is 43.2 Å². The number of piperidine rings is 1. The first-order valence-electron chi connectivity index (χ1n) is 9.22. The number of rotatable bonds is 4. The minimum Gasteiger partial charge on any atom is -0.464 e. The van der Waals surface area contributed by atoms with Gasteiger partial charge in [-0.05, 0) is 31.4 Å². The molecule has 1 saturated heterocycles. The monoisotopic (exact) mass is 358 g/mol. The van der Waals surface area contributed by atoms with Gasteiger partial charge in [0.05, 0.1) is 31.4 Å². The molecule has 1 aromatic heterocycles. The number of quaternary nitrogens is 1. The van der Waals surface area contributed by atoms with Gasteiger partial charge in [-0.3, -0.25) is 4.79 Å². The minimum atomic E-state index is -0.447. The summed E-state index contributed by atoms with van der Waals surface area (Å²) in [6.07, 6.45) is 2.39. The summed E-state index contributed by atoms with van der Waals surface area (Å²) in [5.41, 5.74) is 2.86. The van der Waals surface area contributed by atoms with Gasteiger partial charge in [-0.25, -0.2) is 4.79 Å². The Morgan fingerprint density at radius 3 is 2.85 bits per heavy atom. The molecule has 0 aliphatic carbocycles. The van der Waals surface area contributed by atoms with Crippen molar-refractivity contribution in [2.45, 2.75) is 26.7 Å². The molecule has 0 saturated carbocycles. The lowest BCUT2D eigenvalue weighted by atomic mass is 10.0. The highest BCUT2D eigenvalue weighted by atomic mass is 16.5. The second-order valence-corrected chi connectivity index (χ2v) is 7.42. The highest BCUT2D eigenvalue weighted by molar-refractivity contribution is 6.12. The molecule has 1 amide bonds. The van der Waals surface area contributed by atoms with E-state index in [2.05, 4.69) is 12.2 Å². The van der Waals surface area contributed by atoms with Crippen LogP contribution in [0.2, 0.25) is 0 Å². The van der Waals surface area contributed by atoms with Crippen molar-refractivity contribution in [1.29, 1.82) is 0 Å². The lowest BCUT2D eigenvalue weighted by Crippen LogP contribution is -3.14. The standard InChI is InChI=1S/C20H27N3O3/c1-13-7-6-10-23(11-13)12-16(24)21-18-17-14(2)8-5-9-15(17)22(3)19(18)20(25)26-4/h5,8-9,13H,6-7,10-12H2,1-4H3,(H,21,24)/p+1/t13-/m1/s1. The lowest BCUT2D eigenvalue weighted by molar-refractivity contribution is -0.900. The van der Waals surface area contributed by atoms with E-state index in [-0.39, 0.29) is 5.91 Å². The molecule has 1 aliphatic rings. The number of carbonyl (C=O) groups is 2. The number of ether oxygens (including phenoxy) is 1. The molecular weight excluding hydrogens is 330 g/mol. The van der Waals surface area contributed by atoms with Gasteiger partial charge in [0.2, 0.25) is 0 Å².